The maximum atomic E-state index is 13.1. The molecule has 4 heterocycles. The molecular formula is C22H19N7O4S. The van der Waals surface area contributed by atoms with Gasteiger partial charge in [-0.1, -0.05) is 30.0 Å². The smallest absolute Gasteiger partial charge is 0.275 e. The van der Waals surface area contributed by atoms with Gasteiger partial charge < -0.3 is 9.47 Å². The van der Waals surface area contributed by atoms with E-state index in [2.05, 4.69) is 20.4 Å². The van der Waals surface area contributed by atoms with Gasteiger partial charge >= 0.3 is 0 Å². The Labute approximate surface area is 197 Å². The van der Waals surface area contributed by atoms with Crippen LogP contribution in [0.25, 0.3) is 16.8 Å². The Bertz CT molecular complexity index is 1430. The van der Waals surface area contributed by atoms with Gasteiger partial charge in [-0.15, -0.1) is 20.4 Å². The molecule has 0 radical (unpaired) electrons. The van der Waals surface area contributed by atoms with Crippen LogP contribution in [0.5, 0.6) is 11.5 Å². The predicted octanol–water partition coefficient (Wildman–Crippen LogP) is 1.71. The SMILES string of the molecule is O=C(CSc1nnc2nnc3ccccc3n12)N1CCCN1C(=O)Cc1ccc2c(c1)OCO2. The van der Waals surface area contributed by atoms with Gasteiger partial charge in [0, 0.05) is 13.1 Å². The van der Waals surface area contributed by atoms with Crippen LogP contribution in [0.2, 0.25) is 0 Å². The number of hydrazine groups is 1. The summed E-state index contributed by atoms with van der Waals surface area (Å²) in [4.78, 5) is 26.0. The van der Waals surface area contributed by atoms with Gasteiger partial charge in [0.05, 0.1) is 17.7 Å². The second-order valence-corrected chi connectivity index (χ2v) is 8.79. The normalized spacial score (nSPS) is 14.9. The first-order chi connectivity index (χ1) is 16.7. The minimum absolute atomic E-state index is 0.116. The fourth-order valence-corrected chi connectivity index (χ4v) is 4.92. The molecule has 4 aromatic rings. The maximum absolute atomic E-state index is 13.1. The van der Waals surface area contributed by atoms with Gasteiger partial charge in [0.1, 0.15) is 5.52 Å². The molecule has 2 aromatic carbocycles. The third-order valence-electron chi connectivity index (χ3n) is 5.71. The molecule has 0 aliphatic carbocycles. The van der Waals surface area contributed by atoms with Crippen LogP contribution in [0, 0.1) is 0 Å². The zero-order valence-electron chi connectivity index (χ0n) is 18.0. The average molecular weight is 478 g/mol. The molecule has 2 aliphatic heterocycles. The lowest BCUT2D eigenvalue weighted by molar-refractivity contribution is -0.155. The predicted molar refractivity (Wildman–Crippen MR) is 121 cm³/mol. The van der Waals surface area contributed by atoms with E-state index in [1.165, 1.54) is 21.8 Å². The van der Waals surface area contributed by atoms with E-state index in [1.807, 2.05) is 36.4 Å². The zero-order valence-corrected chi connectivity index (χ0v) is 18.8. The van der Waals surface area contributed by atoms with Crippen molar-refractivity contribution in [2.45, 2.75) is 18.0 Å². The van der Waals surface area contributed by atoms with Crippen LogP contribution in [-0.2, 0) is 16.0 Å². The van der Waals surface area contributed by atoms with Crippen molar-refractivity contribution in [3.05, 3.63) is 48.0 Å². The Morgan fingerprint density at radius 1 is 0.912 bits per heavy atom. The topological polar surface area (TPSA) is 115 Å². The van der Waals surface area contributed by atoms with E-state index in [-0.39, 0.29) is 30.8 Å². The summed E-state index contributed by atoms with van der Waals surface area (Å²) in [6.45, 7) is 1.19. The molecule has 0 unspecified atom stereocenters. The second-order valence-electron chi connectivity index (χ2n) is 7.85. The zero-order chi connectivity index (χ0) is 23.1. The molecule has 0 N–H and O–H groups in total. The van der Waals surface area contributed by atoms with Crippen LogP contribution in [0.3, 0.4) is 0 Å². The number of benzene rings is 2. The number of carbonyl (C=O) groups is 2. The standard InChI is InChI=1S/C22H19N7O4S/c30-19(11-14-6-7-17-18(10-14)33-13-32-17)27-8-3-9-28(27)20(31)12-34-22-26-25-21-24-23-15-4-1-2-5-16(15)29(21)22/h1-2,4-7,10H,3,8-9,11-13H2. The summed E-state index contributed by atoms with van der Waals surface area (Å²) < 4.78 is 12.5. The van der Waals surface area contributed by atoms with Gasteiger partial charge in [-0.05, 0) is 36.2 Å². The van der Waals surface area contributed by atoms with Crippen molar-refractivity contribution in [1.82, 2.24) is 34.8 Å². The highest BCUT2D eigenvalue weighted by Crippen LogP contribution is 2.33. The lowest BCUT2D eigenvalue weighted by Gasteiger charge is -2.27. The first-order valence-corrected chi connectivity index (χ1v) is 11.7. The number of fused-ring (bicyclic) bond motifs is 4. The van der Waals surface area contributed by atoms with Crippen LogP contribution in [0.1, 0.15) is 12.0 Å². The van der Waals surface area contributed by atoms with Gasteiger partial charge in [-0.2, -0.15) is 0 Å². The molecule has 6 rings (SSSR count). The van der Waals surface area contributed by atoms with Crippen molar-refractivity contribution in [3.63, 3.8) is 0 Å². The van der Waals surface area contributed by atoms with Gasteiger partial charge in [-0.3, -0.25) is 24.0 Å². The van der Waals surface area contributed by atoms with Crippen LogP contribution in [-0.4, -0.2) is 72.3 Å². The van der Waals surface area contributed by atoms with E-state index in [4.69, 9.17) is 9.47 Å². The molecule has 1 saturated heterocycles. The molecule has 34 heavy (non-hydrogen) atoms. The number of aromatic nitrogens is 5. The molecule has 0 atom stereocenters. The van der Waals surface area contributed by atoms with Crippen LogP contribution < -0.4 is 9.47 Å². The Kier molecular flexibility index (Phi) is 5.13. The van der Waals surface area contributed by atoms with E-state index in [1.54, 1.807) is 10.5 Å². The number of ether oxygens (including phenoxy) is 2. The monoisotopic (exact) mass is 477 g/mol. The minimum atomic E-state index is -0.162. The molecule has 11 nitrogen and oxygen atoms in total. The summed E-state index contributed by atoms with van der Waals surface area (Å²) in [6, 6.07) is 13.0. The number of hydrogen-bond donors (Lipinski definition) is 0. The van der Waals surface area contributed by atoms with Crippen molar-refractivity contribution in [1.29, 1.82) is 0 Å². The number of carbonyl (C=O) groups excluding carboxylic acids is 2. The Morgan fingerprint density at radius 3 is 2.62 bits per heavy atom. The van der Waals surface area contributed by atoms with Crippen LogP contribution in [0.15, 0.2) is 47.6 Å². The highest BCUT2D eigenvalue weighted by Gasteiger charge is 2.31. The summed E-state index contributed by atoms with van der Waals surface area (Å²) in [5.41, 5.74) is 2.34. The van der Waals surface area contributed by atoms with E-state index >= 15 is 0 Å². The fraction of sp³-hybridized carbons (Fsp3) is 0.273. The second kappa shape index (κ2) is 8.45. The summed E-state index contributed by atoms with van der Waals surface area (Å²) in [5, 5.41) is 20.1. The molecule has 0 spiro atoms. The van der Waals surface area contributed by atoms with Gasteiger partial charge in [0.2, 0.25) is 12.7 Å². The summed E-state index contributed by atoms with van der Waals surface area (Å²) in [6.07, 6.45) is 0.907. The van der Waals surface area contributed by atoms with Crippen molar-refractivity contribution < 1.29 is 19.1 Å². The lowest BCUT2D eigenvalue weighted by atomic mass is 10.1. The minimum Gasteiger partial charge on any atom is -0.454 e. The van der Waals surface area contributed by atoms with E-state index < -0.39 is 0 Å². The number of hydrogen-bond acceptors (Lipinski definition) is 9. The van der Waals surface area contributed by atoms with E-state index in [0.717, 1.165) is 17.5 Å². The Morgan fingerprint density at radius 2 is 1.71 bits per heavy atom. The van der Waals surface area contributed by atoms with Crippen molar-refractivity contribution in [2.75, 3.05) is 25.6 Å². The molecule has 2 aliphatic rings. The molecular weight excluding hydrogens is 458 g/mol. The number of thioether (sulfide) groups is 1. The molecule has 172 valence electrons. The highest BCUT2D eigenvalue weighted by molar-refractivity contribution is 7.99. The van der Waals surface area contributed by atoms with Crippen LogP contribution >= 0.6 is 11.8 Å². The largest absolute Gasteiger partial charge is 0.454 e. The van der Waals surface area contributed by atoms with Gasteiger partial charge in [-0.25, -0.2) is 0 Å². The first-order valence-electron chi connectivity index (χ1n) is 10.8. The van der Waals surface area contributed by atoms with E-state index in [0.29, 0.717) is 41.0 Å². The Hall–Kier alpha value is -3.93. The number of amides is 2. The van der Waals surface area contributed by atoms with Gasteiger partial charge in [0.15, 0.2) is 16.7 Å². The average Bonchev–Trinajstić information content (AvgIpc) is 3.61. The van der Waals surface area contributed by atoms with Crippen molar-refractivity contribution in [2.24, 2.45) is 0 Å². The molecule has 0 saturated carbocycles. The molecule has 1 fully saturated rings. The molecule has 2 aromatic heterocycles. The molecule has 12 heteroatoms. The third kappa shape index (κ3) is 3.65. The van der Waals surface area contributed by atoms with Crippen molar-refractivity contribution in [3.8, 4) is 11.5 Å². The van der Waals surface area contributed by atoms with E-state index in [9.17, 15) is 9.59 Å². The maximum Gasteiger partial charge on any atom is 0.275 e. The molecule has 0 bridgehead atoms. The van der Waals surface area contributed by atoms with Crippen LogP contribution in [0.4, 0.5) is 0 Å². The lowest BCUT2D eigenvalue weighted by Crippen LogP contribution is -2.46. The number of para-hydroxylation sites is 1. The quantitative estimate of drug-likeness (QED) is 0.396. The van der Waals surface area contributed by atoms with Crippen molar-refractivity contribution >= 4 is 40.4 Å². The highest BCUT2D eigenvalue weighted by atomic mass is 32.2. The summed E-state index contributed by atoms with van der Waals surface area (Å²) >= 11 is 1.26. The fourth-order valence-electron chi connectivity index (χ4n) is 4.12. The first kappa shape index (κ1) is 20.7. The molecule has 2 amide bonds. The van der Waals surface area contributed by atoms with Gasteiger partial charge in [0.25, 0.3) is 11.7 Å². The number of rotatable bonds is 5. The third-order valence-corrected chi connectivity index (χ3v) is 6.62. The number of nitrogens with zero attached hydrogens (tertiary/aromatic N) is 7. The summed E-state index contributed by atoms with van der Waals surface area (Å²) in [5.74, 6) is 1.49. The Balaban J connectivity index is 1.15. The summed E-state index contributed by atoms with van der Waals surface area (Å²) in [7, 11) is 0.